The summed E-state index contributed by atoms with van der Waals surface area (Å²) in [6.07, 6.45) is 2.25. The van der Waals surface area contributed by atoms with Crippen molar-refractivity contribution >= 4 is 32.6 Å². The second-order valence-electron chi connectivity index (χ2n) is 4.99. The van der Waals surface area contributed by atoms with E-state index in [2.05, 4.69) is 16.4 Å². The van der Waals surface area contributed by atoms with Gasteiger partial charge in [-0.05, 0) is 43.9 Å². The zero-order valence-corrected chi connectivity index (χ0v) is 11.4. The van der Waals surface area contributed by atoms with E-state index in [1.54, 1.807) is 0 Å². The van der Waals surface area contributed by atoms with Crippen LogP contribution in [0.3, 0.4) is 0 Å². The number of benzene rings is 1. The number of anilines is 1. The molecule has 1 aromatic carbocycles. The van der Waals surface area contributed by atoms with E-state index in [1.807, 2.05) is 25.1 Å². The topological polar surface area (TPSA) is 65.8 Å². The molecule has 1 N–H and O–H groups in total. The summed E-state index contributed by atoms with van der Waals surface area (Å²) in [5.74, 6) is -0.211. The average molecular weight is 271 g/mol. The van der Waals surface area contributed by atoms with Crippen LogP contribution in [-0.2, 0) is 4.79 Å². The predicted molar refractivity (Wildman–Crippen MR) is 74.9 cm³/mol. The molecule has 1 heterocycles. The first-order valence-corrected chi connectivity index (χ1v) is 7.04. The van der Waals surface area contributed by atoms with E-state index in [-0.39, 0.29) is 5.91 Å². The smallest absolute Gasteiger partial charge is 0.246 e. The Morgan fingerprint density at radius 3 is 2.95 bits per heavy atom. The summed E-state index contributed by atoms with van der Waals surface area (Å²) in [7, 11) is 0. The standard InChI is InChI=1S/C14H13N3OS/c1-9-3-4-10-11(7-9)19-13(16-10)17-12(18)14(8-15)5-2-6-14/h3-4,7H,2,5-6H2,1H3,(H,16,17,18). The van der Waals surface area contributed by atoms with Crippen LogP contribution in [0.4, 0.5) is 5.13 Å². The average Bonchev–Trinajstić information content (AvgIpc) is 2.69. The number of nitrogens with one attached hydrogen (secondary N) is 1. The van der Waals surface area contributed by atoms with E-state index >= 15 is 0 Å². The first kappa shape index (κ1) is 12.1. The van der Waals surface area contributed by atoms with Gasteiger partial charge >= 0.3 is 0 Å². The van der Waals surface area contributed by atoms with Gasteiger partial charge in [-0.3, -0.25) is 4.79 Å². The van der Waals surface area contributed by atoms with Crippen molar-refractivity contribution < 1.29 is 4.79 Å². The number of aromatic nitrogens is 1. The molecule has 0 saturated heterocycles. The molecule has 0 bridgehead atoms. The largest absolute Gasteiger partial charge is 0.301 e. The van der Waals surface area contributed by atoms with Crippen molar-refractivity contribution in [3.8, 4) is 6.07 Å². The van der Waals surface area contributed by atoms with E-state index in [1.165, 1.54) is 16.9 Å². The number of thiazole rings is 1. The lowest BCUT2D eigenvalue weighted by Crippen LogP contribution is -2.40. The molecule has 0 radical (unpaired) electrons. The Bertz CT molecular complexity index is 694. The van der Waals surface area contributed by atoms with Gasteiger partial charge in [0.1, 0.15) is 5.41 Å². The van der Waals surface area contributed by atoms with Crippen LogP contribution < -0.4 is 5.32 Å². The third-order valence-electron chi connectivity index (χ3n) is 3.62. The van der Waals surface area contributed by atoms with Crippen LogP contribution in [0, 0.1) is 23.7 Å². The number of carbonyl (C=O) groups excluding carboxylic acids is 1. The lowest BCUT2D eigenvalue weighted by atomic mass is 9.69. The normalized spacial score (nSPS) is 16.6. The van der Waals surface area contributed by atoms with Gasteiger partial charge in [0, 0.05) is 0 Å². The van der Waals surface area contributed by atoms with Crippen molar-refractivity contribution in [3.05, 3.63) is 23.8 Å². The van der Waals surface area contributed by atoms with Crippen LogP contribution in [0.5, 0.6) is 0 Å². The number of fused-ring (bicyclic) bond motifs is 1. The lowest BCUT2D eigenvalue weighted by Gasteiger charge is -2.32. The van der Waals surface area contributed by atoms with Gasteiger partial charge in [0.25, 0.3) is 0 Å². The Kier molecular flexibility index (Phi) is 2.76. The number of carbonyl (C=O) groups is 1. The fraction of sp³-hybridized carbons (Fsp3) is 0.357. The van der Waals surface area contributed by atoms with Gasteiger partial charge in [-0.2, -0.15) is 5.26 Å². The molecule has 96 valence electrons. The van der Waals surface area contributed by atoms with Crippen LogP contribution in [-0.4, -0.2) is 10.9 Å². The van der Waals surface area contributed by atoms with Crippen LogP contribution in [0.25, 0.3) is 10.2 Å². The minimum Gasteiger partial charge on any atom is -0.301 e. The molecular formula is C14H13N3OS. The first-order chi connectivity index (χ1) is 9.13. The summed E-state index contributed by atoms with van der Waals surface area (Å²) >= 11 is 1.45. The molecule has 1 aliphatic carbocycles. The molecule has 1 fully saturated rings. The molecule has 3 rings (SSSR count). The third-order valence-corrected chi connectivity index (χ3v) is 4.55. The summed E-state index contributed by atoms with van der Waals surface area (Å²) in [5.41, 5.74) is 1.22. The first-order valence-electron chi connectivity index (χ1n) is 6.23. The second-order valence-corrected chi connectivity index (χ2v) is 6.02. The van der Waals surface area contributed by atoms with Gasteiger partial charge < -0.3 is 5.32 Å². The summed E-state index contributed by atoms with van der Waals surface area (Å²) in [6.45, 7) is 2.02. The number of hydrogen-bond donors (Lipinski definition) is 1. The van der Waals surface area contributed by atoms with Crippen molar-refractivity contribution in [2.24, 2.45) is 5.41 Å². The lowest BCUT2D eigenvalue weighted by molar-refractivity contribution is -0.126. The minimum atomic E-state index is -0.826. The predicted octanol–water partition coefficient (Wildman–Crippen LogP) is 3.24. The van der Waals surface area contributed by atoms with Crippen molar-refractivity contribution in [3.63, 3.8) is 0 Å². The molecule has 1 aliphatic rings. The zero-order valence-electron chi connectivity index (χ0n) is 10.6. The molecule has 0 spiro atoms. The molecule has 2 aromatic rings. The van der Waals surface area contributed by atoms with Crippen LogP contribution >= 0.6 is 11.3 Å². The summed E-state index contributed by atoms with van der Waals surface area (Å²) in [5, 5.41) is 12.5. The van der Waals surface area contributed by atoms with Crippen LogP contribution in [0.15, 0.2) is 18.2 Å². The van der Waals surface area contributed by atoms with Crippen molar-refractivity contribution in [2.45, 2.75) is 26.2 Å². The molecular weight excluding hydrogens is 258 g/mol. The maximum atomic E-state index is 12.1. The van der Waals surface area contributed by atoms with E-state index in [4.69, 9.17) is 5.26 Å². The third kappa shape index (κ3) is 1.98. The molecule has 4 nitrogen and oxygen atoms in total. The fourth-order valence-corrected chi connectivity index (χ4v) is 3.18. The highest BCUT2D eigenvalue weighted by Gasteiger charge is 2.44. The number of nitrogens with zero attached hydrogens (tertiary/aromatic N) is 2. The highest BCUT2D eigenvalue weighted by molar-refractivity contribution is 7.22. The van der Waals surface area contributed by atoms with E-state index < -0.39 is 5.41 Å². The monoisotopic (exact) mass is 271 g/mol. The van der Waals surface area contributed by atoms with Gasteiger partial charge in [-0.25, -0.2) is 4.98 Å². The number of amides is 1. The molecule has 19 heavy (non-hydrogen) atoms. The van der Waals surface area contributed by atoms with Crippen LogP contribution in [0.1, 0.15) is 24.8 Å². The molecule has 1 amide bonds. The zero-order chi connectivity index (χ0) is 13.5. The van der Waals surface area contributed by atoms with Gasteiger partial charge in [0.05, 0.1) is 16.3 Å². The highest BCUT2D eigenvalue weighted by atomic mass is 32.1. The molecule has 0 aliphatic heterocycles. The number of aryl methyl sites for hydroxylation is 1. The summed E-state index contributed by atoms with van der Waals surface area (Å²) < 4.78 is 1.05. The highest BCUT2D eigenvalue weighted by Crippen LogP contribution is 2.41. The van der Waals surface area contributed by atoms with Crippen molar-refractivity contribution in [2.75, 3.05) is 5.32 Å². The summed E-state index contributed by atoms with van der Waals surface area (Å²) in [6, 6.07) is 8.13. The Hall–Kier alpha value is -1.93. The number of hydrogen-bond acceptors (Lipinski definition) is 4. The number of nitriles is 1. The SMILES string of the molecule is Cc1ccc2nc(NC(=O)C3(C#N)CCC3)sc2c1. The van der Waals surface area contributed by atoms with Gasteiger partial charge in [0.2, 0.25) is 5.91 Å². The quantitative estimate of drug-likeness (QED) is 0.911. The Balaban J connectivity index is 1.86. The van der Waals surface area contributed by atoms with Crippen LogP contribution in [0.2, 0.25) is 0 Å². The molecule has 5 heteroatoms. The second kappa shape index (κ2) is 4.32. The van der Waals surface area contributed by atoms with E-state index in [9.17, 15) is 4.79 Å². The maximum absolute atomic E-state index is 12.1. The van der Waals surface area contributed by atoms with Crippen molar-refractivity contribution in [1.82, 2.24) is 4.98 Å². The minimum absolute atomic E-state index is 0.211. The van der Waals surface area contributed by atoms with Crippen molar-refractivity contribution in [1.29, 1.82) is 5.26 Å². The van der Waals surface area contributed by atoms with Gasteiger partial charge in [-0.15, -0.1) is 0 Å². The maximum Gasteiger partial charge on any atom is 0.246 e. The van der Waals surface area contributed by atoms with Gasteiger partial charge in [0.15, 0.2) is 5.13 Å². The van der Waals surface area contributed by atoms with E-state index in [0.29, 0.717) is 18.0 Å². The molecule has 1 saturated carbocycles. The summed E-state index contributed by atoms with van der Waals surface area (Å²) in [4.78, 5) is 16.5. The Morgan fingerprint density at radius 2 is 2.32 bits per heavy atom. The Labute approximate surface area is 115 Å². The van der Waals surface area contributed by atoms with Gasteiger partial charge in [-0.1, -0.05) is 17.4 Å². The number of rotatable bonds is 2. The fourth-order valence-electron chi connectivity index (χ4n) is 2.22. The Morgan fingerprint density at radius 1 is 1.53 bits per heavy atom. The molecule has 1 aromatic heterocycles. The molecule has 0 unspecified atom stereocenters. The van der Waals surface area contributed by atoms with E-state index in [0.717, 1.165) is 16.6 Å². The molecule has 0 atom stereocenters.